The lowest BCUT2D eigenvalue weighted by atomic mass is 10.1. The first-order valence-corrected chi connectivity index (χ1v) is 10.3. The number of hydrogen-bond donors (Lipinski definition) is 1. The molecule has 32 heavy (non-hydrogen) atoms. The molecule has 7 nitrogen and oxygen atoms in total. The zero-order valence-electron chi connectivity index (χ0n) is 17.7. The van der Waals surface area contributed by atoms with Crippen molar-refractivity contribution >= 4 is 27.8 Å². The molecule has 3 aromatic carbocycles. The molecule has 0 fully saturated rings. The number of nitrogens with zero attached hydrogens (tertiary/aromatic N) is 4. The van der Waals surface area contributed by atoms with Gasteiger partial charge in [0.25, 0.3) is 11.5 Å². The van der Waals surface area contributed by atoms with Gasteiger partial charge in [0, 0.05) is 18.3 Å². The fourth-order valence-corrected chi connectivity index (χ4v) is 3.96. The van der Waals surface area contributed by atoms with Crippen LogP contribution in [0.15, 0.2) is 77.6 Å². The maximum absolute atomic E-state index is 13.1. The van der Waals surface area contributed by atoms with E-state index in [0.717, 1.165) is 22.5 Å². The fraction of sp³-hybridized carbons (Fsp3) is 0.120. The second-order valence-electron chi connectivity index (χ2n) is 7.72. The van der Waals surface area contributed by atoms with Crippen LogP contribution in [-0.4, -0.2) is 37.4 Å². The Morgan fingerprint density at radius 3 is 2.53 bits per heavy atom. The average Bonchev–Trinajstić information content (AvgIpc) is 3.14. The summed E-state index contributed by atoms with van der Waals surface area (Å²) >= 11 is 0. The van der Waals surface area contributed by atoms with Crippen LogP contribution in [-0.2, 0) is 6.54 Å². The molecular weight excluding hydrogens is 402 g/mol. The lowest BCUT2D eigenvalue weighted by Crippen LogP contribution is -2.28. The Kier molecular flexibility index (Phi) is 4.78. The number of para-hydroxylation sites is 2. The van der Waals surface area contributed by atoms with E-state index in [1.54, 1.807) is 37.4 Å². The lowest BCUT2D eigenvalue weighted by molar-refractivity contribution is 0.0781. The van der Waals surface area contributed by atoms with Crippen molar-refractivity contribution in [3.8, 4) is 5.69 Å². The van der Waals surface area contributed by atoms with Crippen LogP contribution in [0.2, 0.25) is 0 Å². The molecule has 0 bridgehead atoms. The first-order chi connectivity index (χ1) is 15.5. The summed E-state index contributed by atoms with van der Waals surface area (Å²) in [4.78, 5) is 38.8. The van der Waals surface area contributed by atoms with Crippen LogP contribution in [0.3, 0.4) is 0 Å². The standard InChI is InChI=1S/C25H21N5O2/c1-16-26-21-14-17(12-13-22(21)30(16)18-8-4-3-5-9-18)25(32)29(2)15-23-27-20-11-7-6-10-19(20)24(31)28-23/h3-14H,15H2,1-2H3,(H,27,28,31). The van der Waals surface area contributed by atoms with Crippen LogP contribution in [0.25, 0.3) is 27.6 Å². The van der Waals surface area contributed by atoms with Gasteiger partial charge >= 0.3 is 0 Å². The minimum atomic E-state index is -0.213. The van der Waals surface area contributed by atoms with Crippen molar-refractivity contribution in [2.75, 3.05) is 7.05 Å². The molecule has 0 spiro atoms. The topological polar surface area (TPSA) is 83.9 Å². The Morgan fingerprint density at radius 1 is 0.969 bits per heavy atom. The van der Waals surface area contributed by atoms with E-state index in [0.29, 0.717) is 22.3 Å². The average molecular weight is 423 g/mol. The van der Waals surface area contributed by atoms with E-state index in [-0.39, 0.29) is 18.0 Å². The van der Waals surface area contributed by atoms with Crippen molar-refractivity contribution in [1.82, 2.24) is 24.4 Å². The summed E-state index contributed by atoms with van der Waals surface area (Å²) in [5.74, 6) is 1.12. The molecule has 0 unspecified atom stereocenters. The molecule has 1 amide bonds. The summed E-state index contributed by atoms with van der Waals surface area (Å²) in [6.45, 7) is 2.14. The SMILES string of the molecule is Cc1nc2cc(C(=O)N(C)Cc3nc4ccccc4c(=O)[nH]3)ccc2n1-c1ccccc1. The zero-order chi connectivity index (χ0) is 22.2. The van der Waals surface area contributed by atoms with Crippen LogP contribution >= 0.6 is 0 Å². The second-order valence-corrected chi connectivity index (χ2v) is 7.72. The van der Waals surface area contributed by atoms with Crippen LogP contribution in [0.5, 0.6) is 0 Å². The summed E-state index contributed by atoms with van der Waals surface area (Å²) in [6.07, 6.45) is 0. The highest BCUT2D eigenvalue weighted by Gasteiger charge is 2.17. The normalized spacial score (nSPS) is 11.2. The van der Waals surface area contributed by atoms with Gasteiger partial charge in [0.1, 0.15) is 11.6 Å². The van der Waals surface area contributed by atoms with E-state index in [9.17, 15) is 9.59 Å². The molecule has 1 N–H and O–H groups in total. The van der Waals surface area contributed by atoms with Gasteiger partial charge in [0.2, 0.25) is 0 Å². The molecule has 0 aliphatic carbocycles. The van der Waals surface area contributed by atoms with Crippen molar-refractivity contribution in [2.45, 2.75) is 13.5 Å². The molecule has 0 atom stereocenters. The lowest BCUT2D eigenvalue weighted by Gasteiger charge is -2.17. The van der Waals surface area contributed by atoms with Crippen molar-refractivity contribution in [2.24, 2.45) is 0 Å². The van der Waals surface area contributed by atoms with Gasteiger partial charge in [-0.1, -0.05) is 30.3 Å². The van der Waals surface area contributed by atoms with Gasteiger partial charge in [-0.2, -0.15) is 0 Å². The van der Waals surface area contributed by atoms with Gasteiger partial charge in [0.15, 0.2) is 0 Å². The smallest absolute Gasteiger partial charge is 0.258 e. The van der Waals surface area contributed by atoms with Crippen molar-refractivity contribution in [1.29, 1.82) is 0 Å². The van der Waals surface area contributed by atoms with Crippen molar-refractivity contribution in [3.05, 3.63) is 100 Å². The van der Waals surface area contributed by atoms with Crippen molar-refractivity contribution in [3.63, 3.8) is 0 Å². The number of nitrogens with one attached hydrogen (secondary N) is 1. The van der Waals surface area contributed by atoms with Crippen LogP contribution < -0.4 is 5.56 Å². The number of fused-ring (bicyclic) bond motifs is 2. The van der Waals surface area contributed by atoms with Gasteiger partial charge in [-0.3, -0.25) is 14.2 Å². The van der Waals surface area contributed by atoms with Crippen LogP contribution in [0, 0.1) is 6.92 Å². The third kappa shape index (κ3) is 3.43. The number of aromatic nitrogens is 4. The fourth-order valence-electron chi connectivity index (χ4n) is 3.96. The maximum Gasteiger partial charge on any atom is 0.258 e. The molecule has 158 valence electrons. The number of rotatable bonds is 4. The van der Waals surface area contributed by atoms with E-state index in [2.05, 4.69) is 19.5 Å². The van der Waals surface area contributed by atoms with E-state index < -0.39 is 0 Å². The number of aromatic amines is 1. The number of amides is 1. The molecule has 5 aromatic rings. The number of aryl methyl sites for hydroxylation is 1. The predicted molar refractivity (Wildman–Crippen MR) is 124 cm³/mol. The molecule has 0 saturated carbocycles. The van der Waals surface area contributed by atoms with E-state index in [1.165, 1.54) is 4.90 Å². The molecule has 7 heteroatoms. The maximum atomic E-state index is 13.1. The Morgan fingerprint density at radius 2 is 1.72 bits per heavy atom. The van der Waals surface area contributed by atoms with Gasteiger partial charge in [-0.05, 0) is 49.4 Å². The molecular formula is C25H21N5O2. The van der Waals surface area contributed by atoms with E-state index in [4.69, 9.17) is 0 Å². The highest BCUT2D eigenvalue weighted by atomic mass is 16.2. The van der Waals surface area contributed by atoms with E-state index in [1.807, 2.05) is 49.4 Å². The molecule has 0 aliphatic rings. The largest absolute Gasteiger partial charge is 0.334 e. The number of carbonyl (C=O) groups is 1. The predicted octanol–water partition coefficient (Wildman–Crippen LogP) is 3.84. The van der Waals surface area contributed by atoms with Gasteiger partial charge in [0.05, 0.1) is 28.5 Å². The molecule has 2 aromatic heterocycles. The van der Waals surface area contributed by atoms with Crippen LogP contribution in [0.1, 0.15) is 22.0 Å². The Balaban J connectivity index is 1.44. The van der Waals surface area contributed by atoms with Crippen LogP contribution in [0.4, 0.5) is 0 Å². The van der Waals surface area contributed by atoms with Gasteiger partial charge < -0.3 is 9.88 Å². The summed E-state index contributed by atoms with van der Waals surface area (Å²) in [6, 6.07) is 22.7. The molecule has 0 saturated heterocycles. The Hall–Kier alpha value is -4.26. The summed E-state index contributed by atoms with van der Waals surface area (Å²) in [7, 11) is 1.69. The number of carbonyl (C=O) groups excluding carboxylic acids is 1. The molecule has 0 radical (unpaired) electrons. The Bertz CT molecular complexity index is 1520. The zero-order valence-corrected chi connectivity index (χ0v) is 17.7. The number of H-pyrrole nitrogens is 1. The highest BCUT2D eigenvalue weighted by Crippen LogP contribution is 2.23. The summed E-state index contributed by atoms with van der Waals surface area (Å²) in [5.41, 5.74) is 3.64. The minimum absolute atomic E-state index is 0.172. The van der Waals surface area contributed by atoms with Gasteiger partial charge in [-0.25, -0.2) is 9.97 Å². The third-order valence-corrected chi connectivity index (χ3v) is 5.48. The van der Waals surface area contributed by atoms with Crippen molar-refractivity contribution < 1.29 is 4.79 Å². The monoisotopic (exact) mass is 423 g/mol. The summed E-state index contributed by atoms with van der Waals surface area (Å²) in [5, 5.41) is 0.528. The third-order valence-electron chi connectivity index (χ3n) is 5.48. The molecule has 0 aliphatic heterocycles. The highest BCUT2D eigenvalue weighted by molar-refractivity contribution is 5.97. The first-order valence-electron chi connectivity index (χ1n) is 10.3. The number of imidazole rings is 1. The second kappa shape index (κ2) is 7.77. The first kappa shape index (κ1) is 19.7. The summed E-state index contributed by atoms with van der Waals surface area (Å²) < 4.78 is 2.07. The number of hydrogen-bond acceptors (Lipinski definition) is 4. The minimum Gasteiger partial charge on any atom is -0.334 e. The van der Waals surface area contributed by atoms with E-state index >= 15 is 0 Å². The molecule has 5 rings (SSSR count). The Labute approximate surface area is 184 Å². The number of benzene rings is 3. The van der Waals surface area contributed by atoms with Gasteiger partial charge in [-0.15, -0.1) is 0 Å². The molecule has 2 heterocycles. The quantitative estimate of drug-likeness (QED) is 0.476.